The van der Waals surface area contributed by atoms with Gasteiger partial charge in [-0.3, -0.25) is 9.69 Å². The Morgan fingerprint density at radius 2 is 1.89 bits per heavy atom. The molecule has 1 amide bonds. The third kappa shape index (κ3) is 7.40. The fraction of sp³-hybridized carbons (Fsp3) is 0.650. The average Bonchev–Trinajstić information content (AvgIpc) is 2.55. The topological polar surface area (TPSA) is 32.8 Å². The second-order valence-electron chi connectivity index (χ2n) is 7.69. The van der Waals surface area contributed by atoms with E-state index in [9.17, 15) is 18.0 Å². The van der Waals surface area contributed by atoms with E-state index in [0.717, 1.165) is 24.3 Å². The van der Waals surface area contributed by atoms with Gasteiger partial charge in [0.1, 0.15) is 5.75 Å². The van der Waals surface area contributed by atoms with Gasteiger partial charge in [-0.05, 0) is 30.0 Å². The quantitative estimate of drug-likeness (QED) is 0.644. The third-order valence-electron chi connectivity index (χ3n) is 4.71. The summed E-state index contributed by atoms with van der Waals surface area (Å²) in [5.74, 6) is 1.05. The highest BCUT2D eigenvalue weighted by atomic mass is 19.4. The lowest BCUT2D eigenvalue weighted by molar-refractivity contribution is -0.149. The number of carbonyl (C=O) groups excluding carboxylic acids is 1. The Morgan fingerprint density at radius 1 is 1.26 bits per heavy atom. The predicted molar refractivity (Wildman–Crippen MR) is 98.5 cm³/mol. The third-order valence-corrected chi connectivity index (χ3v) is 4.71. The van der Waals surface area contributed by atoms with Crippen molar-refractivity contribution in [3.05, 3.63) is 29.8 Å². The smallest absolute Gasteiger partial charge is 0.390 e. The summed E-state index contributed by atoms with van der Waals surface area (Å²) in [5.41, 5.74) is 1.13. The van der Waals surface area contributed by atoms with Crippen LogP contribution in [0.4, 0.5) is 13.2 Å². The summed E-state index contributed by atoms with van der Waals surface area (Å²) in [6.07, 6.45) is -4.18. The molecule has 1 saturated heterocycles. The standard InChI is InChI=1S/C20H29F3N2O2/c1-15(2)8-11-27-18-6-4-16(5-7-18)12-25-13-17(14-25)19(26)24(3)10-9-20(21,22)23/h4-7,15,17H,8-14H2,1-3H3. The zero-order chi connectivity index (χ0) is 20.0. The van der Waals surface area contributed by atoms with Crippen molar-refractivity contribution in [1.82, 2.24) is 9.80 Å². The molecule has 0 bridgehead atoms. The Morgan fingerprint density at radius 3 is 2.44 bits per heavy atom. The molecular weight excluding hydrogens is 357 g/mol. The van der Waals surface area contributed by atoms with E-state index in [1.165, 1.54) is 11.9 Å². The second kappa shape index (κ2) is 9.44. The summed E-state index contributed by atoms with van der Waals surface area (Å²) in [4.78, 5) is 15.5. The largest absolute Gasteiger partial charge is 0.494 e. The van der Waals surface area contributed by atoms with E-state index in [0.29, 0.717) is 25.6 Å². The number of nitrogens with zero attached hydrogens (tertiary/aromatic N) is 2. The van der Waals surface area contributed by atoms with Gasteiger partial charge in [0.2, 0.25) is 5.91 Å². The second-order valence-corrected chi connectivity index (χ2v) is 7.69. The van der Waals surface area contributed by atoms with Gasteiger partial charge in [0.05, 0.1) is 18.9 Å². The van der Waals surface area contributed by atoms with Crippen molar-refractivity contribution in [2.45, 2.75) is 39.4 Å². The summed E-state index contributed by atoms with van der Waals surface area (Å²) < 4.78 is 42.5. The number of alkyl halides is 3. The lowest BCUT2D eigenvalue weighted by atomic mass is 9.97. The molecular formula is C20H29F3N2O2. The maximum absolute atomic E-state index is 12.3. The van der Waals surface area contributed by atoms with E-state index in [-0.39, 0.29) is 18.4 Å². The summed E-state index contributed by atoms with van der Waals surface area (Å²) >= 11 is 0. The molecule has 0 N–H and O–H groups in total. The van der Waals surface area contributed by atoms with E-state index in [1.54, 1.807) is 0 Å². The molecule has 1 aromatic carbocycles. The van der Waals surface area contributed by atoms with Crippen LogP contribution in [-0.4, -0.2) is 55.2 Å². The number of ether oxygens (including phenoxy) is 1. The number of rotatable bonds is 9. The first kappa shape index (κ1) is 21.5. The first-order chi connectivity index (χ1) is 12.6. The Labute approximate surface area is 159 Å². The van der Waals surface area contributed by atoms with Crippen LogP contribution in [0.1, 0.15) is 32.3 Å². The van der Waals surface area contributed by atoms with Gasteiger partial charge in [0.25, 0.3) is 0 Å². The number of halogens is 3. The summed E-state index contributed by atoms with van der Waals surface area (Å²) in [6.45, 7) is 6.63. The van der Waals surface area contributed by atoms with Crippen LogP contribution in [0, 0.1) is 11.8 Å². The van der Waals surface area contributed by atoms with Crippen LogP contribution < -0.4 is 4.74 Å². The fourth-order valence-corrected chi connectivity index (χ4v) is 2.93. The highest BCUT2D eigenvalue weighted by Gasteiger charge is 2.35. The van der Waals surface area contributed by atoms with Crippen molar-refractivity contribution in [1.29, 1.82) is 0 Å². The molecule has 7 heteroatoms. The monoisotopic (exact) mass is 386 g/mol. The Balaban J connectivity index is 1.69. The van der Waals surface area contributed by atoms with Gasteiger partial charge in [-0.1, -0.05) is 26.0 Å². The van der Waals surface area contributed by atoms with Crippen LogP contribution in [0.25, 0.3) is 0 Å². The molecule has 152 valence electrons. The number of hydrogen-bond donors (Lipinski definition) is 0. The van der Waals surface area contributed by atoms with Gasteiger partial charge in [-0.25, -0.2) is 0 Å². The van der Waals surface area contributed by atoms with Crippen molar-refractivity contribution in [2.75, 3.05) is 33.3 Å². The number of benzene rings is 1. The van der Waals surface area contributed by atoms with Gasteiger partial charge >= 0.3 is 6.18 Å². The number of likely N-dealkylation sites (tertiary alicyclic amines) is 1. The van der Waals surface area contributed by atoms with Gasteiger partial charge in [-0.15, -0.1) is 0 Å². The lowest BCUT2D eigenvalue weighted by Crippen LogP contribution is -2.53. The Bertz CT molecular complexity index is 596. The lowest BCUT2D eigenvalue weighted by Gasteiger charge is -2.40. The van der Waals surface area contributed by atoms with Crippen LogP contribution >= 0.6 is 0 Å². The molecule has 0 atom stereocenters. The number of amides is 1. The minimum absolute atomic E-state index is 0.204. The molecule has 27 heavy (non-hydrogen) atoms. The number of carbonyl (C=O) groups is 1. The van der Waals surface area contributed by atoms with Gasteiger partial charge in [-0.2, -0.15) is 13.2 Å². The molecule has 4 nitrogen and oxygen atoms in total. The molecule has 1 aliphatic rings. The molecule has 1 fully saturated rings. The Hall–Kier alpha value is -1.76. The summed E-state index contributed by atoms with van der Waals surface area (Å²) in [6, 6.07) is 7.91. The normalized spacial score (nSPS) is 15.7. The molecule has 0 aliphatic carbocycles. The van der Waals surface area contributed by atoms with Crippen LogP contribution in [0.3, 0.4) is 0 Å². The van der Waals surface area contributed by atoms with Crippen LogP contribution in [0.15, 0.2) is 24.3 Å². The number of hydrogen-bond acceptors (Lipinski definition) is 3. The van der Waals surface area contributed by atoms with E-state index in [2.05, 4.69) is 18.7 Å². The zero-order valence-electron chi connectivity index (χ0n) is 16.3. The molecule has 0 aromatic heterocycles. The SMILES string of the molecule is CC(C)CCOc1ccc(CN2CC(C(=O)N(C)CCC(F)(F)F)C2)cc1. The highest BCUT2D eigenvalue weighted by molar-refractivity contribution is 5.79. The minimum atomic E-state index is -4.23. The van der Waals surface area contributed by atoms with Crippen LogP contribution in [0.2, 0.25) is 0 Å². The maximum atomic E-state index is 12.3. The molecule has 0 saturated carbocycles. The van der Waals surface area contributed by atoms with Crippen molar-refractivity contribution in [3.63, 3.8) is 0 Å². The van der Waals surface area contributed by atoms with E-state index in [4.69, 9.17) is 4.74 Å². The van der Waals surface area contributed by atoms with Crippen LogP contribution in [0.5, 0.6) is 5.75 Å². The van der Waals surface area contributed by atoms with Gasteiger partial charge in [0, 0.05) is 33.2 Å². The van der Waals surface area contributed by atoms with Crippen molar-refractivity contribution >= 4 is 5.91 Å². The molecule has 1 heterocycles. The zero-order valence-corrected chi connectivity index (χ0v) is 16.3. The van der Waals surface area contributed by atoms with Crippen LogP contribution in [-0.2, 0) is 11.3 Å². The molecule has 0 spiro atoms. The molecule has 2 rings (SSSR count). The first-order valence-electron chi connectivity index (χ1n) is 9.40. The summed E-state index contributed by atoms with van der Waals surface area (Å²) in [5, 5.41) is 0. The van der Waals surface area contributed by atoms with E-state index >= 15 is 0 Å². The predicted octanol–water partition coefficient (Wildman–Crippen LogP) is 3.95. The maximum Gasteiger partial charge on any atom is 0.390 e. The van der Waals surface area contributed by atoms with Gasteiger partial charge in [0.15, 0.2) is 0 Å². The van der Waals surface area contributed by atoms with Crippen molar-refractivity contribution in [2.24, 2.45) is 11.8 Å². The molecule has 1 aromatic rings. The highest BCUT2D eigenvalue weighted by Crippen LogP contribution is 2.23. The minimum Gasteiger partial charge on any atom is -0.494 e. The Kier molecular flexibility index (Phi) is 7.53. The van der Waals surface area contributed by atoms with Crippen molar-refractivity contribution < 1.29 is 22.7 Å². The summed E-state index contributed by atoms with van der Waals surface area (Å²) in [7, 11) is 1.44. The average molecular weight is 386 g/mol. The molecule has 0 radical (unpaired) electrons. The van der Waals surface area contributed by atoms with E-state index < -0.39 is 12.6 Å². The first-order valence-corrected chi connectivity index (χ1v) is 9.40. The fourth-order valence-electron chi connectivity index (χ4n) is 2.93. The molecule has 1 aliphatic heterocycles. The van der Waals surface area contributed by atoms with E-state index in [1.807, 2.05) is 24.3 Å². The molecule has 0 unspecified atom stereocenters. The van der Waals surface area contributed by atoms with Gasteiger partial charge < -0.3 is 9.64 Å². The van der Waals surface area contributed by atoms with Crippen molar-refractivity contribution in [3.8, 4) is 5.75 Å².